The number of furan rings is 1. The zero-order chi connectivity index (χ0) is 15.9. The highest BCUT2D eigenvalue weighted by Crippen LogP contribution is 2.24. The molecule has 2 heterocycles. The number of likely N-dealkylation sites (tertiary alicyclic amines) is 1. The average molecular weight is 307 g/mol. The van der Waals surface area contributed by atoms with E-state index >= 15 is 0 Å². The molecule has 1 amide bonds. The van der Waals surface area contributed by atoms with Gasteiger partial charge in [-0.25, -0.2) is 0 Å². The van der Waals surface area contributed by atoms with Gasteiger partial charge in [-0.2, -0.15) is 0 Å². The van der Waals surface area contributed by atoms with Crippen LogP contribution in [0.5, 0.6) is 0 Å². The van der Waals surface area contributed by atoms with Gasteiger partial charge in [-0.15, -0.1) is 0 Å². The van der Waals surface area contributed by atoms with E-state index in [1.807, 2.05) is 19.1 Å². The minimum absolute atomic E-state index is 0.0667. The van der Waals surface area contributed by atoms with Gasteiger partial charge in [-0.05, 0) is 44.0 Å². The third-order valence-corrected chi connectivity index (χ3v) is 4.73. The molecule has 1 aromatic heterocycles. The molecule has 0 spiro atoms. The highest BCUT2D eigenvalue weighted by molar-refractivity contribution is 5.81. The van der Waals surface area contributed by atoms with Crippen molar-refractivity contribution in [1.29, 1.82) is 0 Å². The van der Waals surface area contributed by atoms with Gasteiger partial charge in [0.25, 0.3) is 0 Å². The summed E-state index contributed by atoms with van der Waals surface area (Å²) < 4.78 is 5.59. The van der Waals surface area contributed by atoms with E-state index in [2.05, 4.69) is 17.1 Å². The Morgan fingerprint density at radius 3 is 2.73 bits per heavy atom. The van der Waals surface area contributed by atoms with Crippen LogP contribution in [0.3, 0.4) is 0 Å². The minimum atomic E-state index is -0.441. The van der Waals surface area contributed by atoms with E-state index in [4.69, 9.17) is 10.2 Å². The summed E-state index contributed by atoms with van der Waals surface area (Å²) in [6.07, 6.45) is 6.29. The molecule has 3 atom stereocenters. The molecular weight excluding hydrogens is 278 g/mol. The maximum absolute atomic E-state index is 12.2. The molecule has 0 radical (unpaired) electrons. The summed E-state index contributed by atoms with van der Waals surface area (Å²) in [7, 11) is 0. The second-order valence-electron chi connectivity index (χ2n) is 6.28. The van der Waals surface area contributed by atoms with Crippen LogP contribution in [-0.2, 0) is 4.79 Å². The van der Waals surface area contributed by atoms with Gasteiger partial charge in [0.1, 0.15) is 5.76 Å². The highest BCUT2D eigenvalue weighted by atomic mass is 16.3. The standard InChI is InChI=1S/C17H29N3O2/c1-3-13(2)16(18)17(21)19-12-14(15-8-7-11-22-15)20-9-5-4-6-10-20/h7-8,11,13-14,16H,3-6,9-10,12,18H2,1-2H3,(H,19,21). The van der Waals surface area contributed by atoms with Gasteiger partial charge in [0, 0.05) is 6.54 Å². The Labute approximate surface area is 133 Å². The van der Waals surface area contributed by atoms with E-state index in [1.54, 1.807) is 6.26 Å². The fourth-order valence-corrected chi connectivity index (χ4v) is 2.95. The van der Waals surface area contributed by atoms with Crippen LogP contribution in [0.2, 0.25) is 0 Å². The van der Waals surface area contributed by atoms with Crippen LogP contribution in [0.1, 0.15) is 51.3 Å². The normalized spacial score (nSPS) is 20.3. The number of rotatable bonds is 7. The van der Waals surface area contributed by atoms with Crippen molar-refractivity contribution >= 4 is 5.91 Å². The molecule has 1 aromatic rings. The molecule has 3 N–H and O–H groups in total. The lowest BCUT2D eigenvalue weighted by Crippen LogP contribution is -2.48. The molecule has 0 aromatic carbocycles. The number of amides is 1. The molecule has 124 valence electrons. The molecule has 5 nitrogen and oxygen atoms in total. The first-order chi connectivity index (χ1) is 10.6. The number of nitrogens with two attached hydrogens (primary N) is 1. The zero-order valence-electron chi connectivity index (χ0n) is 13.8. The molecule has 1 saturated heterocycles. The highest BCUT2D eigenvalue weighted by Gasteiger charge is 2.26. The number of hydrogen-bond donors (Lipinski definition) is 2. The van der Waals surface area contributed by atoms with Gasteiger partial charge >= 0.3 is 0 Å². The van der Waals surface area contributed by atoms with E-state index in [0.29, 0.717) is 6.54 Å². The lowest BCUT2D eigenvalue weighted by molar-refractivity contribution is -0.123. The quantitative estimate of drug-likeness (QED) is 0.811. The Balaban J connectivity index is 1.96. The Morgan fingerprint density at radius 2 is 2.14 bits per heavy atom. The average Bonchev–Trinajstić information content (AvgIpc) is 3.08. The van der Waals surface area contributed by atoms with E-state index in [-0.39, 0.29) is 17.9 Å². The molecule has 0 aliphatic carbocycles. The van der Waals surface area contributed by atoms with Crippen LogP contribution in [0.25, 0.3) is 0 Å². The van der Waals surface area contributed by atoms with Crippen molar-refractivity contribution in [2.24, 2.45) is 11.7 Å². The van der Waals surface area contributed by atoms with E-state index in [9.17, 15) is 4.79 Å². The van der Waals surface area contributed by atoms with Crippen molar-refractivity contribution in [3.8, 4) is 0 Å². The summed E-state index contributed by atoms with van der Waals surface area (Å²) in [5, 5.41) is 3.02. The van der Waals surface area contributed by atoms with Crippen LogP contribution in [0.15, 0.2) is 22.8 Å². The lowest BCUT2D eigenvalue weighted by Gasteiger charge is -2.33. The first-order valence-electron chi connectivity index (χ1n) is 8.44. The number of carbonyl (C=O) groups is 1. The summed E-state index contributed by atoms with van der Waals surface area (Å²) in [5.74, 6) is 1.04. The van der Waals surface area contributed by atoms with Crippen molar-refractivity contribution in [1.82, 2.24) is 10.2 Å². The smallest absolute Gasteiger partial charge is 0.237 e. The largest absolute Gasteiger partial charge is 0.468 e. The van der Waals surface area contributed by atoms with Crippen LogP contribution in [-0.4, -0.2) is 36.5 Å². The second kappa shape index (κ2) is 8.34. The summed E-state index contributed by atoms with van der Waals surface area (Å²) >= 11 is 0. The van der Waals surface area contributed by atoms with Crippen molar-refractivity contribution in [2.45, 2.75) is 51.6 Å². The van der Waals surface area contributed by atoms with E-state index in [0.717, 1.165) is 25.3 Å². The predicted octanol–water partition coefficient (Wildman–Crippen LogP) is 2.30. The first-order valence-corrected chi connectivity index (χ1v) is 8.44. The fraction of sp³-hybridized carbons (Fsp3) is 0.706. The van der Waals surface area contributed by atoms with Crippen LogP contribution in [0.4, 0.5) is 0 Å². The molecule has 0 bridgehead atoms. The molecule has 0 saturated carbocycles. The topological polar surface area (TPSA) is 71.5 Å². The number of hydrogen-bond acceptors (Lipinski definition) is 4. The fourth-order valence-electron chi connectivity index (χ4n) is 2.95. The van der Waals surface area contributed by atoms with Gasteiger partial charge < -0.3 is 15.5 Å². The summed E-state index contributed by atoms with van der Waals surface area (Å²) in [5.41, 5.74) is 6.01. The van der Waals surface area contributed by atoms with E-state index < -0.39 is 6.04 Å². The van der Waals surface area contributed by atoms with Crippen molar-refractivity contribution < 1.29 is 9.21 Å². The summed E-state index contributed by atoms with van der Waals surface area (Å²) in [4.78, 5) is 14.6. The van der Waals surface area contributed by atoms with Crippen molar-refractivity contribution in [3.63, 3.8) is 0 Å². The molecule has 2 rings (SSSR count). The Morgan fingerprint density at radius 1 is 1.41 bits per heavy atom. The first kappa shape index (κ1) is 17.0. The molecule has 1 aliphatic heterocycles. The maximum atomic E-state index is 12.2. The molecular formula is C17H29N3O2. The van der Waals surface area contributed by atoms with Gasteiger partial charge in [-0.3, -0.25) is 9.69 Å². The van der Waals surface area contributed by atoms with Crippen LogP contribution in [0, 0.1) is 5.92 Å². The Hall–Kier alpha value is -1.33. The van der Waals surface area contributed by atoms with E-state index in [1.165, 1.54) is 19.3 Å². The van der Waals surface area contributed by atoms with Gasteiger partial charge in [0.05, 0.1) is 18.3 Å². The lowest BCUT2D eigenvalue weighted by atomic mass is 9.99. The molecule has 22 heavy (non-hydrogen) atoms. The van der Waals surface area contributed by atoms with Crippen molar-refractivity contribution in [2.75, 3.05) is 19.6 Å². The number of carbonyl (C=O) groups excluding carboxylic acids is 1. The third kappa shape index (κ3) is 4.34. The summed E-state index contributed by atoms with van der Waals surface area (Å²) in [6.45, 7) is 6.73. The van der Waals surface area contributed by atoms with Gasteiger partial charge in [0.15, 0.2) is 0 Å². The predicted molar refractivity (Wildman–Crippen MR) is 87.3 cm³/mol. The maximum Gasteiger partial charge on any atom is 0.237 e. The molecule has 5 heteroatoms. The number of nitrogens with one attached hydrogen (secondary N) is 1. The van der Waals surface area contributed by atoms with Crippen molar-refractivity contribution in [3.05, 3.63) is 24.2 Å². The number of piperidine rings is 1. The Kier molecular flexibility index (Phi) is 6.46. The van der Waals surface area contributed by atoms with Crippen LogP contribution < -0.4 is 11.1 Å². The third-order valence-electron chi connectivity index (χ3n) is 4.73. The molecule has 1 aliphatic rings. The monoisotopic (exact) mass is 307 g/mol. The number of nitrogens with zero attached hydrogens (tertiary/aromatic N) is 1. The zero-order valence-corrected chi connectivity index (χ0v) is 13.8. The molecule has 1 fully saturated rings. The second-order valence-corrected chi connectivity index (χ2v) is 6.28. The minimum Gasteiger partial charge on any atom is -0.468 e. The SMILES string of the molecule is CCC(C)C(N)C(=O)NCC(c1ccco1)N1CCCCC1. The van der Waals surface area contributed by atoms with Gasteiger partial charge in [-0.1, -0.05) is 26.7 Å². The molecule has 3 unspecified atom stereocenters. The summed E-state index contributed by atoms with van der Waals surface area (Å²) in [6, 6.07) is 3.55. The van der Waals surface area contributed by atoms with Gasteiger partial charge in [0.2, 0.25) is 5.91 Å². The Bertz CT molecular complexity index is 441. The van der Waals surface area contributed by atoms with Crippen LogP contribution >= 0.6 is 0 Å².